The monoisotopic (exact) mass is 472 g/mol. The second-order valence-corrected chi connectivity index (χ2v) is 10.5. The van der Waals surface area contributed by atoms with Crippen molar-refractivity contribution in [3.8, 4) is 11.6 Å². The summed E-state index contributed by atoms with van der Waals surface area (Å²) < 4.78 is 34.7. The maximum atomic E-state index is 13.0. The van der Waals surface area contributed by atoms with Gasteiger partial charge in [0.05, 0.1) is 4.90 Å². The highest BCUT2D eigenvalue weighted by molar-refractivity contribution is 7.89. The zero-order valence-corrected chi connectivity index (χ0v) is 19.7. The van der Waals surface area contributed by atoms with Gasteiger partial charge in [-0.3, -0.25) is 14.8 Å². The maximum Gasteiger partial charge on any atom is 0.322 e. The van der Waals surface area contributed by atoms with E-state index >= 15 is 0 Å². The Labute approximate surface area is 193 Å². The number of amides is 1. The average molecular weight is 473 g/mol. The van der Waals surface area contributed by atoms with E-state index in [0.29, 0.717) is 5.69 Å². The molecule has 0 atom stereocenters. The van der Waals surface area contributed by atoms with Crippen LogP contribution in [0.2, 0.25) is 0 Å². The van der Waals surface area contributed by atoms with Crippen molar-refractivity contribution in [3.05, 3.63) is 42.1 Å². The molecule has 1 amide bonds. The van der Waals surface area contributed by atoms with Gasteiger partial charge in [-0.2, -0.15) is 9.40 Å². The van der Waals surface area contributed by atoms with Crippen LogP contribution >= 0.6 is 0 Å². The van der Waals surface area contributed by atoms with E-state index in [1.807, 2.05) is 20.0 Å². The molecule has 4 rings (SSSR count). The van der Waals surface area contributed by atoms with Gasteiger partial charge in [0.1, 0.15) is 5.69 Å². The molecule has 0 bridgehead atoms. The minimum absolute atomic E-state index is 0.0189. The molecule has 1 aliphatic carbocycles. The Morgan fingerprint density at radius 1 is 1.12 bits per heavy atom. The summed E-state index contributed by atoms with van der Waals surface area (Å²) in [6, 6.07) is 7.73. The number of hydrogen-bond donors (Lipinski definition) is 1. The SMILES string of the molecule is CC(C)n1ccc(-c2nnc(NC(=O)c3ccc(S(=O)(=O)N(C)C4CCCCC4)cc3)o2)n1. The third-order valence-electron chi connectivity index (χ3n) is 5.88. The van der Waals surface area contributed by atoms with Gasteiger partial charge in [0, 0.05) is 30.9 Å². The number of anilines is 1. The van der Waals surface area contributed by atoms with E-state index in [9.17, 15) is 13.2 Å². The zero-order chi connectivity index (χ0) is 23.6. The maximum absolute atomic E-state index is 13.0. The molecule has 11 heteroatoms. The van der Waals surface area contributed by atoms with E-state index in [1.54, 1.807) is 17.8 Å². The van der Waals surface area contributed by atoms with Gasteiger partial charge in [0.2, 0.25) is 10.0 Å². The van der Waals surface area contributed by atoms with E-state index in [4.69, 9.17) is 4.42 Å². The lowest BCUT2D eigenvalue weighted by atomic mass is 9.96. The molecule has 1 aromatic carbocycles. The molecule has 1 saturated carbocycles. The van der Waals surface area contributed by atoms with Crippen molar-refractivity contribution in [2.75, 3.05) is 12.4 Å². The highest BCUT2D eigenvalue weighted by Gasteiger charge is 2.29. The third kappa shape index (κ3) is 4.98. The van der Waals surface area contributed by atoms with Crippen LogP contribution < -0.4 is 5.32 Å². The molecule has 0 spiro atoms. The number of hydrogen-bond acceptors (Lipinski definition) is 7. The van der Waals surface area contributed by atoms with Gasteiger partial charge in [-0.25, -0.2) is 8.42 Å². The van der Waals surface area contributed by atoms with Crippen LogP contribution in [0.15, 0.2) is 45.8 Å². The Morgan fingerprint density at radius 2 is 1.82 bits per heavy atom. The van der Waals surface area contributed by atoms with Crippen molar-refractivity contribution in [2.24, 2.45) is 0 Å². The number of carbonyl (C=O) groups is 1. The van der Waals surface area contributed by atoms with E-state index in [1.165, 1.54) is 28.6 Å². The van der Waals surface area contributed by atoms with Crippen molar-refractivity contribution in [1.29, 1.82) is 0 Å². The van der Waals surface area contributed by atoms with Crippen molar-refractivity contribution in [3.63, 3.8) is 0 Å². The molecule has 2 aromatic heterocycles. The van der Waals surface area contributed by atoms with E-state index in [-0.39, 0.29) is 34.4 Å². The highest BCUT2D eigenvalue weighted by atomic mass is 32.2. The molecule has 176 valence electrons. The Balaban J connectivity index is 1.43. The number of nitrogens with zero attached hydrogens (tertiary/aromatic N) is 5. The summed E-state index contributed by atoms with van der Waals surface area (Å²) in [6.07, 6.45) is 6.79. The lowest BCUT2D eigenvalue weighted by molar-refractivity contribution is 0.102. The lowest BCUT2D eigenvalue weighted by Crippen LogP contribution is -2.38. The topological polar surface area (TPSA) is 123 Å². The van der Waals surface area contributed by atoms with Crippen LogP contribution in [-0.4, -0.2) is 51.7 Å². The number of carbonyl (C=O) groups excluding carboxylic acids is 1. The summed E-state index contributed by atoms with van der Waals surface area (Å²) in [4.78, 5) is 12.7. The number of sulfonamides is 1. The van der Waals surface area contributed by atoms with Crippen molar-refractivity contribution < 1.29 is 17.6 Å². The fourth-order valence-electron chi connectivity index (χ4n) is 3.87. The number of nitrogens with one attached hydrogen (secondary N) is 1. The lowest BCUT2D eigenvalue weighted by Gasteiger charge is -2.30. The smallest absolute Gasteiger partial charge is 0.322 e. The van der Waals surface area contributed by atoms with Gasteiger partial charge >= 0.3 is 6.01 Å². The number of rotatable bonds is 7. The van der Waals surface area contributed by atoms with Crippen molar-refractivity contribution in [1.82, 2.24) is 24.3 Å². The van der Waals surface area contributed by atoms with Gasteiger partial charge in [-0.05, 0) is 57.0 Å². The standard InChI is InChI=1S/C22H28N6O4S/c1-15(2)28-14-13-19(26-28)21-24-25-22(32-21)23-20(29)16-9-11-18(12-10-16)33(30,31)27(3)17-7-5-4-6-8-17/h9-15,17H,4-8H2,1-3H3,(H,23,25,29). The molecule has 0 radical (unpaired) electrons. The fraction of sp³-hybridized carbons (Fsp3) is 0.455. The van der Waals surface area contributed by atoms with Crippen LogP contribution in [0.1, 0.15) is 62.4 Å². The molecule has 10 nitrogen and oxygen atoms in total. The van der Waals surface area contributed by atoms with Gasteiger partial charge in [-0.15, -0.1) is 5.10 Å². The van der Waals surface area contributed by atoms with Crippen molar-refractivity contribution >= 4 is 21.9 Å². The van der Waals surface area contributed by atoms with E-state index in [2.05, 4.69) is 20.6 Å². The summed E-state index contributed by atoms with van der Waals surface area (Å²) in [6.45, 7) is 4.00. The zero-order valence-electron chi connectivity index (χ0n) is 18.9. The molecule has 0 saturated heterocycles. The van der Waals surface area contributed by atoms with Crippen molar-refractivity contribution in [2.45, 2.75) is 62.9 Å². The Bertz CT molecular complexity index is 1210. The summed E-state index contributed by atoms with van der Waals surface area (Å²) in [7, 11) is -1.99. The first-order valence-electron chi connectivity index (χ1n) is 11.0. The first kappa shape index (κ1) is 23.1. The van der Waals surface area contributed by atoms with Gasteiger partial charge < -0.3 is 4.42 Å². The number of benzene rings is 1. The molecular weight excluding hydrogens is 444 g/mol. The molecule has 1 N–H and O–H groups in total. The van der Waals surface area contributed by atoms with Crippen LogP contribution in [0.5, 0.6) is 0 Å². The molecule has 2 heterocycles. The summed E-state index contributed by atoms with van der Waals surface area (Å²) >= 11 is 0. The summed E-state index contributed by atoms with van der Waals surface area (Å²) in [5, 5.41) is 14.7. The highest BCUT2D eigenvalue weighted by Crippen LogP contribution is 2.27. The minimum atomic E-state index is -3.62. The second-order valence-electron chi connectivity index (χ2n) is 8.48. The summed E-state index contributed by atoms with van der Waals surface area (Å²) in [5.41, 5.74) is 0.784. The summed E-state index contributed by atoms with van der Waals surface area (Å²) in [5.74, 6) is -0.292. The predicted octanol–water partition coefficient (Wildman–Crippen LogP) is 3.72. The van der Waals surface area contributed by atoms with Gasteiger partial charge in [-0.1, -0.05) is 24.4 Å². The van der Waals surface area contributed by atoms with E-state index in [0.717, 1.165) is 32.1 Å². The normalized spacial score (nSPS) is 15.3. The Kier molecular flexibility index (Phi) is 6.61. The van der Waals surface area contributed by atoms with Crippen LogP contribution in [0.4, 0.5) is 6.01 Å². The van der Waals surface area contributed by atoms with Crippen LogP contribution in [-0.2, 0) is 10.0 Å². The van der Waals surface area contributed by atoms with Crippen LogP contribution in [0, 0.1) is 0 Å². The number of aromatic nitrogens is 4. The van der Waals surface area contributed by atoms with Gasteiger partial charge in [0.15, 0.2) is 0 Å². The third-order valence-corrected chi connectivity index (χ3v) is 7.81. The minimum Gasteiger partial charge on any atom is -0.401 e. The van der Waals surface area contributed by atoms with Gasteiger partial charge in [0.25, 0.3) is 11.8 Å². The first-order valence-corrected chi connectivity index (χ1v) is 12.5. The molecular formula is C22H28N6O4S. The molecule has 1 fully saturated rings. The first-order chi connectivity index (χ1) is 15.8. The molecule has 1 aliphatic rings. The fourth-order valence-corrected chi connectivity index (χ4v) is 5.29. The molecule has 0 unspecified atom stereocenters. The van der Waals surface area contributed by atoms with Crippen LogP contribution in [0.25, 0.3) is 11.6 Å². The molecule has 3 aromatic rings. The Hall–Kier alpha value is -3.05. The van der Waals surface area contributed by atoms with E-state index < -0.39 is 15.9 Å². The Morgan fingerprint density at radius 3 is 2.45 bits per heavy atom. The quantitative estimate of drug-likeness (QED) is 0.556. The largest absolute Gasteiger partial charge is 0.401 e. The molecule has 33 heavy (non-hydrogen) atoms. The predicted molar refractivity (Wildman–Crippen MR) is 122 cm³/mol. The molecule has 0 aliphatic heterocycles. The van der Waals surface area contributed by atoms with Crippen LogP contribution in [0.3, 0.4) is 0 Å². The second kappa shape index (κ2) is 9.44. The average Bonchev–Trinajstić information content (AvgIpc) is 3.49.